The summed E-state index contributed by atoms with van der Waals surface area (Å²) in [7, 11) is 0. The summed E-state index contributed by atoms with van der Waals surface area (Å²) in [5.74, 6) is -1.42. The SMILES string of the molecule is O=C(O)C1CN(Cc2ccc(-n3cc4cc(Cc5ccccc5)ccc4n3)c(F)c2)C1. The lowest BCUT2D eigenvalue weighted by Crippen LogP contribution is -2.49. The summed E-state index contributed by atoms with van der Waals surface area (Å²) >= 11 is 0. The minimum absolute atomic E-state index is 0.313. The van der Waals surface area contributed by atoms with Gasteiger partial charge in [-0.1, -0.05) is 42.5 Å². The fraction of sp³-hybridized carbons (Fsp3) is 0.200. The molecule has 1 fully saturated rings. The molecule has 4 aromatic rings. The number of carboxylic acids is 1. The lowest BCUT2D eigenvalue weighted by molar-refractivity contribution is -0.147. The van der Waals surface area contributed by atoms with E-state index < -0.39 is 5.97 Å². The number of likely N-dealkylation sites (tertiary alicyclic amines) is 1. The van der Waals surface area contributed by atoms with Crippen molar-refractivity contribution in [2.24, 2.45) is 5.92 Å². The van der Waals surface area contributed by atoms with Crippen molar-refractivity contribution in [3.63, 3.8) is 0 Å². The number of benzene rings is 3. The van der Waals surface area contributed by atoms with Gasteiger partial charge in [0, 0.05) is 31.2 Å². The van der Waals surface area contributed by atoms with Crippen LogP contribution >= 0.6 is 0 Å². The molecule has 1 aliphatic rings. The highest BCUT2D eigenvalue weighted by molar-refractivity contribution is 5.79. The molecular weight excluding hydrogens is 393 g/mol. The third kappa shape index (κ3) is 4.07. The molecule has 156 valence electrons. The van der Waals surface area contributed by atoms with Crippen LogP contribution in [0.4, 0.5) is 4.39 Å². The largest absolute Gasteiger partial charge is 0.481 e. The molecule has 0 spiro atoms. The first-order valence-electron chi connectivity index (χ1n) is 10.3. The second-order valence-corrected chi connectivity index (χ2v) is 8.14. The lowest BCUT2D eigenvalue weighted by atomic mass is 9.99. The smallest absolute Gasteiger partial charge is 0.309 e. The number of aliphatic carboxylic acids is 1. The summed E-state index contributed by atoms with van der Waals surface area (Å²) < 4.78 is 16.4. The predicted molar refractivity (Wildman–Crippen MR) is 117 cm³/mol. The van der Waals surface area contributed by atoms with Gasteiger partial charge in [-0.15, -0.1) is 0 Å². The average molecular weight is 415 g/mol. The molecule has 1 aromatic heterocycles. The van der Waals surface area contributed by atoms with Crippen molar-refractivity contribution in [2.45, 2.75) is 13.0 Å². The fourth-order valence-electron chi connectivity index (χ4n) is 4.09. The molecule has 1 N–H and O–H groups in total. The zero-order chi connectivity index (χ0) is 21.4. The van der Waals surface area contributed by atoms with Crippen LogP contribution in [0.2, 0.25) is 0 Å². The molecule has 1 saturated heterocycles. The van der Waals surface area contributed by atoms with Crippen molar-refractivity contribution >= 4 is 16.9 Å². The molecule has 0 aliphatic carbocycles. The predicted octanol–water partition coefficient (Wildman–Crippen LogP) is 4.27. The maximum absolute atomic E-state index is 14.8. The molecule has 6 heteroatoms. The van der Waals surface area contributed by atoms with Crippen molar-refractivity contribution in [3.8, 4) is 5.69 Å². The molecule has 31 heavy (non-hydrogen) atoms. The molecule has 5 nitrogen and oxygen atoms in total. The van der Waals surface area contributed by atoms with E-state index in [0.717, 1.165) is 22.9 Å². The maximum atomic E-state index is 14.8. The van der Waals surface area contributed by atoms with Crippen LogP contribution in [-0.4, -0.2) is 38.8 Å². The summed E-state index contributed by atoms with van der Waals surface area (Å²) in [4.78, 5) is 12.9. The Labute approximate surface area is 179 Å². The zero-order valence-corrected chi connectivity index (χ0v) is 16.9. The number of aromatic nitrogens is 2. The van der Waals surface area contributed by atoms with Crippen LogP contribution in [0, 0.1) is 11.7 Å². The van der Waals surface area contributed by atoms with E-state index in [-0.39, 0.29) is 11.7 Å². The number of halogens is 1. The molecule has 5 rings (SSSR count). The molecule has 0 saturated carbocycles. The van der Waals surface area contributed by atoms with Gasteiger partial charge in [0.15, 0.2) is 0 Å². The Morgan fingerprint density at radius 1 is 1.00 bits per heavy atom. The zero-order valence-electron chi connectivity index (χ0n) is 16.9. The first kappa shape index (κ1) is 19.5. The molecule has 2 heterocycles. The molecule has 0 bridgehead atoms. The first-order chi connectivity index (χ1) is 15.0. The van der Waals surface area contributed by atoms with Gasteiger partial charge >= 0.3 is 5.97 Å². The van der Waals surface area contributed by atoms with Crippen LogP contribution in [0.1, 0.15) is 16.7 Å². The topological polar surface area (TPSA) is 58.4 Å². The standard InChI is InChI=1S/C25H22FN3O2/c26-22-12-19(13-28-14-21(15-28)25(30)31)7-9-24(22)29-16-20-11-18(6-8-23(20)27-29)10-17-4-2-1-3-5-17/h1-9,11-12,16,21H,10,13-15H2,(H,30,31). The van der Waals surface area contributed by atoms with Gasteiger partial charge in [-0.2, -0.15) is 5.10 Å². The molecule has 0 radical (unpaired) electrons. The van der Waals surface area contributed by atoms with Gasteiger partial charge < -0.3 is 5.11 Å². The monoisotopic (exact) mass is 415 g/mol. The van der Waals surface area contributed by atoms with Crippen LogP contribution in [-0.2, 0) is 17.8 Å². The Kier molecular flexibility index (Phi) is 5.00. The molecule has 0 amide bonds. The van der Waals surface area contributed by atoms with E-state index in [1.54, 1.807) is 10.7 Å². The Bertz CT molecular complexity index is 1250. The molecule has 3 aromatic carbocycles. The van der Waals surface area contributed by atoms with E-state index in [0.29, 0.717) is 25.3 Å². The second-order valence-electron chi connectivity index (χ2n) is 8.14. The van der Waals surface area contributed by atoms with E-state index >= 15 is 0 Å². The van der Waals surface area contributed by atoms with Crippen molar-refractivity contribution < 1.29 is 14.3 Å². The van der Waals surface area contributed by atoms with Gasteiger partial charge in [-0.05, 0) is 47.4 Å². The van der Waals surface area contributed by atoms with E-state index in [1.165, 1.54) is 17.2 Å². The number of nitrogens with zero attached hydrogens (tertiary/aromatic N) is 3. The van der Waals surface area contributed by atoms with Crippen LogP contribution in [0.5, 0.6) is 0 Å². The van der Waals surface area contributed by atoms with Gasteiger partial charge in [0.1, 0.15) is 11.5 Å². The molecule has 1 aliphatic heterocycles. The maximum Gasteiger partial charge on any atom is 0.309 e. The first-order valence-corrected chi connectivity index (χ1v) is 10.3. The van der Waals surface area contributed by atoms with Gasteiger partial charge in [0.2, 0.25) is 0 Å². The summed E-state index contributed by atoms with van der Waals surface area (Å²) in [5, 5.41) is 14.5. The highest BCUT2D eigenvalue weighted by Crippen LogP contribution is 2.23. The van der Waals surface area contributed by atoms with Crippen molar-refractivity contribution in [2.75, 3.05) is 13.1 Å². The van der Waals surface area contributed by atoms with Crippen molar-refractivity contribution in [1.82, 2.24) is 14.7 Å². The van der Waals surface area contributed by atoms with Crippen LogP contribution in [0.25, 0.3) is 16.6 Å². The number of hydrogen-bond acceptors (Lipinski definition) is 3. The van der Waals surface area contributed by atoms with E-state index in [1.807, 2.05) is 41.4 Å². The van der Waals surface area contributed by atoms with Crippen molar-refractivity contribution in [1.29, 1.82) is 0 Å². The Morgan fingerprint density at radius 3 is 2.52 bits per heavy atom. The number of carbonyl (C=O) groups is 1. The van der Waals surface area contributed by atoms with E-state index in [4.69, 9.17) is 5.11 Å². The number of fused-ring (bicyclic) bond motifs is 1. The van der Waals surface area contributed by atoms with Crippen LogP contribution < -0.4 is 0 Å². The fourth-order valence-corrected chi connectivity index (χ4v) is 4.09. The Balaban J connectivity index is 1.33. The van der Waals surface area contributed by atoms with E-state index in [9.17, 15) is 9.18 Å². The Morgan fingerprint density at radius 2 is 1.77 bits per heavy atom. The highest BCUT2D eigenvalue weighted by atomic mass is 19.1. The lowest BCUT2D eigenvalue weighted by Gasteiger charge is -2.36. The van der Waals surface area contributed by atoms with Gasteiger partial charge in [0.05, 0.1) is 11.4 Å². The normalized spacial score (nSPS) is 14.6. The Hall–Kier alpha value is -3.51. The van der Waals surface area contributed by atoms with Gasteiger partial charge in [0.25, 0.3) is 0 Å². The number of hydrogen-bond donors (Lipinski definition) is 1. The van der Waals surface area contributed by atoms with Crippen LogP contribution in [0.3, 0.4) is 0 Å². The highest BCUT2D eigenvalue weighted by Gasteiger charge is 2.32. The molecular formula is C25H22FN3O2. The van der Waals surface area contributed by atoms with Crippen LogP contribution in [0.15, 0.2) is 72.9 Å². The summed E-state index contributed by atoms with van der Waals surface area (Å²) in [5.41, 5.74) is 4.47. The van der Waals surface area contributed by atoms with Crippen molar-refractivity contribution in [3.05, 3.63) is 95.4 Å². The third-order valence-corrected chi connectivity index (χ3v) is 5.79. The van der Waals surface area contributed by atoms with Gasteiger partial charge in [-0.3, -0.25) is 9.69 Å². The van der Waals surface area contributed by atoms with Gasteiger partial charge in [-0.25, -0.2) is 9.07 Å². The summed E-state index contributed by atoms with van der Waals surface area (Å²) in [6.07, 6.45) is 2.69. The quantitative estimate of drug-likeness (QED) is 0.511. The minimum atomic E-state index is -0.768. The number of carboxylic acid groups (broad SMARTS) is 1. The summed E-state index contributed by atoms with van der Waals surface area (Å²) in [6, 6.07) is 21.5. The molecule has 0 atom stereocenters. The molecule has 0 unspecified atom stereocenters. The number of rotatable bonds is 6. The average Bonchev–Trinajstić information content (AvgIpc) is 3.14. The second kappa shape index (κ2) is 7.96. The minimum Gasteiger partial charge on any atom is -0.481 e. The van der Waals surface area contributed by atoms with E-state index in [2.05, 4.69) is 29.4 Å². The third-order valence-electron chi connectivity index (χ3n) is 5.79. The summed E-state index contributed by atoms with van der Waals surface area (Å²) in [6.45, 7) is 1.56.